The molecule has 1 N–H and O–H groups in total. The Kier molecular flexibility index (Phi) is 6.39. The molecule has 1 aliphatic rings. The van der Waals surface area contributed by atoms with Gasteiger partial charge >= 0.3 is 5.97 Å². The number of hydrogen-bond acceptors (Lipinski definition) is 6. The van der Waals surface area contributed by atoms with Crippen LogP contribution in [-0.2, 0) is 9.53 Å². The van der Waals surface area contributed by atoms with Crippen molar-refractivity contribution >= 4 is 29.2 Å². The summed E-state index contributed by atoms with van der Waals surface area (Å²) in [5, 5.41) is 4.19. The van der Waals surface area contributed by atoms with E-state index in [-0.39, 0.29) is 37.1 Å². The Morgan fingerprint density at radius 2 is 1.66 bits per heavy atom. The summed E-state index contributed by atoms with van der Waals surface area (Å²) in [6, 6.07) is 14.3. The van der Waals surface area contributed by atoms with Gasteiger partial charge in [0.15, 0.2) is 0 Å². The zero-order valence-electron chi connectivity index (χ0n) is 16.5. The van der Waals surface area contributed by atoms with Crippen LogP contribution in [0.1, 0.15) is 46.0 Å². The van der Waals surface area contributed by atoms with Crippen LogP contribution in [0.2, 0.25) is 0 Å². The largest absolute Gasteiger partial charge is 0.461 e. The highest BCUT2D eigenvalue weighted by Gasteiger charge is 2.34. The molecule has 3 rings (SSSR count). The maximum atomic E-state index is 12.4. The van der Waals surface area contributed by atoms with Gasteiger partial charge in [0.25, 0.3) is 11.8 Å². The minimum atomic E-state index is -0.519. The summed E-state index contributed by atoms with van der Waals surface area (Å²) in [5.41, 5.74) is 5.77. The van der Waals surface area contributed by atoms with E-state index in [2.05, 4.69) is 10.5 Å². The molecule has 0 saturated heterocycles. The summed E-state index contributed by atoms with van der Waals surface area (Å²) < 4.78 is 5.07. The number of carbonyl (C=O) groups is 3. The number of imide groups is 1. The number of carbonyl (C=O) groups excluding carboxylic acids is 3. The van der Waals surface area contributed by atoms with E-state index < -0.39 is 5.97 Å². The number of anilines is 1. The first-order valence-corrected chi connectivity index (χ1v) is 9.53. The van der Waals surface area contributed by atoms with E-state index in [0.717, 1.165) is 11.3 Å². The number of amides is 2. The van der Waals surface area contributed by atoms with E-state index >= 15 is 0 Å². The van der Waals surface area contributed by atoms with Crippen LogP contribution in [-0.4, -0.2) is 41.5 Å². The van der Waals surface area contributed by atoms with Gasteiger partial charge in [-0.2, -0.15) is 5.10 Å². The number of nitrogens with one attached hydrogen (secondary N) is 1. The molecule has 7 nitrogen and oxygen atoms in total. The van der Waals surface area contributed by atoms with Crippen LogP contribution in [0.3, 0.4) is 0 Å². The van der Waals surface area contributed by atoms with Crippen LogP contribution < -0.4 is 5.43 Å². The zero-order valence-corrected chi connectivity index (χ0v) is 16.5. The van der Waals surface area contributed by atoms with Gasteiger partial charge in [-0.25, -0.2) is 4.79 Å². The van der Waals surface area contributed by atoms with E-state index in [1.165, 1.54) is 4.90 Å². The predicted octanol–water partition coefficient (Wildman–Crippen LogP) is 3.40. The van der Waals surface area contributed by atoms with Crippen molar-refractivity contribution in [3.63, 3.8) is 0 Å². The Bertz CT molecular complexity index is 916. The summed E-state index contributed by atoms with van der Waals surface area (Å²) in [6.45, 7) is 4.15. The fourth-order valence-corrected chi connectivity index (χ4v) is 3.02. The summed E-state index contributed by atoms with van der Waals surface area (Å²) in [4.78, 5) is 38.3. The number of aryl methyl sites for hydroxylation is 1. The summed E-state index contributed by atoms with van der Waals surface area (Å²) >= 11 is 0. The Morgan fingerprint density at radius 3 is 2.24 bits per heavy atom. The lowest BCUT2D eigenvalue weighted by atomic mass is 10.1. The maximum absolute atomic E-state index is 12.4. The lowest BCUT2D eigenvalue weighted by molar-refractivity contribution is -0.135. The van der Waals surface area contributed by atoms with Crippen LogP contribution in [0.5, 0.6) is 0 Å². The Morgan fingerprint density at radius 1 is 1.03 bits per heavy atom. The van der Waals surface area contributed by atoms with Crippen LogP contribution in [0.25, 0.3) is 0 Å². The summed E-state index contributed by atoms with van der Waals surface area (Å²) in [6.07, 6.45) is 0.670. The monoisotopic (exact) mass is 393 g/mol. The molecule has 1 heterocycles. The van der Waals surface area contributed by atoms with E-state index in [9.17, 15) is 14.4 Å². The van der Waals surface area contributed by atoms with Crippen LogP contribution >= 0.6 is 0 Å². The SMILES string of the molecule is CCOC(=O)C(CCCN1C(=O)c2ccccc2C1=O)=NNc1ccc(C)cc1. The number of rotatable bonds is 8. The molecule has 0 aliphatic carbocycles. The van der Waals surface area contributed by atoms with Crippen molar-refractivity contribution in [2.75, 3.05) is 18.6 Å². The quantitative estimate of drug-likeness (QED) is 0.321. The fraction of sp³-hybridized carbons (Fsp3) is 0.273. The number of esters is 1. The first kappa shape index (κ1) is 20.3. The van der Waals surface area contributed by atoms with Crippen molar-refractivity contribution in [2.45, 2.75) is 26.7 Å². The molecule has 29 heavy (non-hydrogen) atoms. The van der Waals surface area contributed by atoms with Crippen molar-refractivity contribution in [2.24, 2.45) is 5.10 Å². The molecule has 0 unspecified atom stereocenters. The first-order chi connectivity index (χ1) is 14.0. The molecule has 2 aromatic carbocycles. The molecule has 0 fully saturated rings. The topological polar surface area (TPSA) is 88.1 Å². The van der Waals surface area contributed by atoms with Crippen molar-refractivity contribution in [1.82, 2.24) is 4.90 Å². The molecule has 150 valence electrons. The summed E-state index contributed by atoms with van der Waals surface area (Å²) in [7, 11) is 0. The standard InChI is InChI=1S/C22H23N3O4/c1-3-29-22(28)19(24-23-16-12-10-15(2)11-13-16)9-6-14-25-20(26)17-7-4-5-8-18(17)21(25)27/h4-5,7-8,10-13,23H,3,6,9,14H2,1-2H3. The highest BCUT2D eigenvalue weighted by Crippen LogP contribution is 2.22. The third-order valence-corrected chi connectivity index (χ3v) is 4.56. The van der Waals surface area contributed by atoms with Crippen molar-refractivity contribution in [3.8, 4) is 0 Å². The second-order valence-corrected chi connectivity index (χ2v) is 6.67. The van der Waals surface area contributed by atoms with Crippen molar-refractivity contribution < 1.29 is 19.1 Å². The minimum Gasteiger partial charge on any atom is -0.461 e. The molecule has 2 amide bonds. The highest BCUT2D eigenvalue weighted by atomic mass is 16.5. The van der Waals surface area contributed by atoms with Gasteiger partial charge in [0.2, 0.25) is 0 Å². The molecule has 2 aromatic rings. The lowest BCUT2D eigenvalue weighted by Gasteiger charge is -2.14. The molecule has 0 atom stereocenters. The molecule has 7 heteroatoms. The van der Waals surface area contributed by atoms with Crippen LogP contribution in [0, 0.1) is 6.92 Å². The fourth-order valence-electron chi connectivity index (χ4n) is 3.02. The van der Waals surface area contributed by atoms with Crippen LogP contribution in [0.4, 0.5) is 5.69 Å². The molecule has 1 aliphatic heterocycles. The minimum absolute atomic E-state index is 0.204. The van der Waals surface area contributed by atoms with Gasteiger partial charge in [0.05, 0.1) is 23.4 Å². The van der Waals surface area contributed by atoms with Crippen molar-refractivity contribution in [1.29, 1.82) is 0 Å². The van der Waals surface area contributed by atoms with Gasteiger partial charge in [-0.15, -0.1) is 0 Å². The number of fused-ring (bicyclic) bond motifs is 1. The number of hydrogen-bond donors (Lipinski definition) is 1. The lowest BCUT2D eigenvalue weighted by Crippen LogP contribution is -2.31. The number of nitrogens with zero attached hydrogens (tertiary/aromatic N) is 2. The van der Waals surface area contributed by atoms with E-state index in [4.69, 9.17) is 4.74 Å². The Balaban J connectivity index is 1.64. The highest BCUT2D eigenvalue weighted by molar-refractivity contribution is 6.36. The molecule has 0 aromatic heterocycles. The number of ether oxygens (including phenoxy) is 1. The van der Waals surface area contributed by atoms with Crippen molar-refractivity contribution in [3.05, 3.63) is 65.2 Å². The smallest absolute Gasteiger partial charge is 0.354 e. The average Bonchev–Trinajstić information content (AvgIpc) is 2.97. The Labute approximate surface area is 169 Å². The number of benzene rings is 2. The molecule has 0 spiro atoms. The molecular weight excluding hydrogens is 370 g/mol. The molecular formula is C22H23N3O4. The van der Waals surface area contributed by atoms with Crippen LogP contribution in [0.15, 0.2) is 53.6 Å². The van der Waals surface area contributed by atoms with Gasteiger partial charge in [0.1, 0.15) is 5.71 Å². The van der Waals surface area contributed by atoms with E-state index in [1.807, 2.05) is 31.2 Å². The second-order valence-electron chi connectivity index (χ2n) is 6.67. The molecule has 0 saturated carbocycles. The third-order valence-electron chi connectivity index (χ3n) is 4.56. The average molecular weight is 393 g/mol. The second kappa shape index (κ2) is 9.14. The molecule has 0 radical (unpaired) electrons. The van der Waals surface area contributed by atoms with Gasteiger partial charge < -0.3 is 4.74 Å². The third kappa shape index (κ3) is 4.68. The predicted molar refractivity (Wildman–Crippen MR) is 110 cm³/mol. The zero-order chi connectivity index (χ0) is 20.8. The molecule has 0 bridgehead atoms. The first-order valence-electron chi connectivity index (χ1n) is 9.53. The van der Waals surface area contributed by atoms with E-state index in [0.29, 0.717) is 17.5 Å². The van der Waals surface area contributed by atoms with E-state index in [1.54, 1.807) is 31.2 Å². The maximum Gasteiger partial charge on any atom is 0.354 e. The number of hydrazone groups is 1. The van der Waals surface area contributed by atoms with Gasteiger partial charge in [0, 0.05) is 13.0 Å². The summed E-state index contributed by atoms with van der Waals surface area (Å²) in [5.74, 6) is -1.13. The Hall–Kier alpha value is -3.48. The normalized spacial score (nSPS) is 13.4. The van der Waals surface area contributed by atoms with Gasteiger partial charge in [-0.3, -0.25) is 19.9 Å². The van der Waals surface area contributed by atoms with Gasteiger partial charge in [-0.1, -0.05) is 29.8 Å². The van der Waals surface area contributed by atoms with Gasteiger partial charge in [-0.05, 0) is 44.5 Å².